The van der Waals surface area contributed by atoms with E-state index in [9.17, 15) is 48.3 Å². The number of urea groups is 1. The number of aliphatic hydroxyl groups is 1. The highest BCUT2D eigenvalue weighted by atomic mass is 16.6. The number of amides is 7. The predicted molar refractivity (Wildman–Crippen MR) is 277 cm³/mol. The number of benzene rings is 1. The van der Waals surface area contributed by atoms with Crippen molar-refractivity contribution in [1.82, 2.24) is 36.0 Å². The Morgan fingerprint density at radius 1 is 0.905 bits per heavy atom. The first-order chi connectivity index (χ1) is 34.8. The van der Waals surface area contributed by atoms with Crippen molar-refractivity contribution in [2.24, 2.45) is 29.6 Å². The second-order valence-corrected chi connectivity index (χ2v) is 21.3. The smallest absolute Gasteiger partial charge is 0.329 e. The highest BCUT2D eigenvalue weighted by Crippen LogP contribution is 2.26. The lowest BCUT2D eigenvalue weighted by atomic mass is 9.91. The molecule has 74 heavy (non-hydrogen) atoms. The third-order valence-corrected chi connectivity index (χ3v) is 14.1. The van der Waals surface area contributed by atoms with Crippen LogP contribution < -0.4 is 26.0 Å². The number of cyclic esters (lactones) is 2. The Kier molecular flexibility index (Phi) is 24.8. The Hall–Kier alpha value is -5.79. The molecule has 2 aliphatic rings. The summed E-state index contributed by atoms with van der Waals surface area (Å²) in [5, 5.41) is 22.9. The van der Waals surface area contributed by atoms with Gasteiger partial charge in [0.25, 0.3) is 0 Å². The quantitative estimate of drug-likeness (QED) is 0.0895. The molecule has 0 spiro atoms. The average molecular weight is 1040 g/mol. The van der Waals surface area contributed by atoms with E-state index < -0.39 is 132 Å². The van der Waals surface area contributed by atoms with E-state index in [4.69, 9.17) is 14.2 Å². The lowest BCUT2D eigenvalue weighted by Crippen LogP contribution is -2.62. The Labute approximate surface area is 438 Å². The summed E-state index contributed by atoms with van der Waals surface area (Å²) in [6.07, 6.45) is -2.40. The molecule has 0 bridgehead atoms. The lowest BCUT2D eigenvalue weighted by molar-refractivity contribution is -0.163. The number of ketones is 1. The summed E-state index contributed by atoms with van der Waals surface area (Å²) in [5.41, 5.74) is 0.600. The maximum absolute atomic E-state index is 14.8. The van der Waals surface area contributed by atoms with E-state index in [0.29, 0.717) is 37.1 Å². The molecule has 2 fully saturated rings. The van der Waals surface area contributed by atoms with Crippen LogP contribution in [0.25, 0.3) is 0 Å². The summed E-state index contributed by atoms with van der Waals surface area (Å²) in [4.78, 5) is 133. The summed E-state index contributed by atoms with van der Waals surface area (Å²) in [6.45, 7) is 19.5. The van der Waals surface area contributed by atoms with Crippen LogP contribution in [0.2, 0.25) is 0 Å². The largest absolute Gasteiger partial charge is 0.497 e. The number of esters is 2. The van der Waals surface area contributed by atoms with E-state index in [-0.39, 0.29) is 44.1 Å². The van der Waals surface area contributed by atoms with Crippen molar-refractivity contribution in [3.8, 4) is 5.75 Å². The molecule has 3 rings (SSSR count). The molecule has 0 radical (unpaired) electrons. The number of methoxy groups -OCH3 is 1. The Balaban J connectivity index is 2.27. The van der Waals surface area contributed by atoms with Crippen LogP contribution >= 0.6 is 0 Å². The summed E-state index contributed by atoms with van der Waals surface area (Å²) in [7, 11) is 4.39. The van der Waals surface area contributed by atoms with Crippen LogP contribution in [-0.4, -0.2) is 162 Å². The number of likely N-dealkylation sites (N-methyl/N-ethyl adjacent to an activating group) is 2. The number of ether oxygens (including phenoxy) is 3. The van der Waals surface area contributed by atoms with Gasteiger partial charge in [-0.25, -0.2) is 9.59 Å². The van der Waals surface area contributed by atoms with Gasteiger partial charge in [0.15, 0.2) is 11.9 Å². The number of fused-ring (bicyclic) bond motifs is 1. The molecule has 11 atom stereocenters. The second kappa shape index (κ2) is 29.3. The maximum atomic E-state index is 14.8. The molecule has 2 saturated heterocycles. The first-order valence-electron chi connectivity index (χ1n) is 26.5. The van der Waals surface area contributed by atoms with E-state index in [2.05, 4.69) is 21.3 Å². The van der Waals surface area contributed by atoms with Crippen LogP contribution in [0, 0.1) is 29.6 Å². The van der Waals surface area contributed by atoms with E-state index in [1.165, 1.54) is 49.8 Å². The van der Waals surface area contributed by atoms with E-state index in [1.54, 1.807) is 52.0 Å². The molecule has 2 aliphatic heterocycles. The van der Waals surface area contributed by atoms with Crippen molar-refractivity contribution in [1.29, 1.82) is 0 Å². The van der Waals surface area contributed by atoms with Crippen molar-refractivity contribution in [3.63, 3.8) is 0 Å². The monoisotopic (exact) mass is 1040 g/mol. The molecule has 1 aromatic rings. The van der Waals surface area contributed by atoms with Crippen molar-refractivity contribution >= 4 is 53.3 Å². The Morgan fingerprint density at radius 3 is 2.12 bits per heavy atom. The molecule has 20 nitrogen and oxygen atoms in total. The molecule has 5 N–H and O–H groups in total. The van der Waals surface area contributed by atoms with Crippen LogP contribution in [0.4, 0.5) is 4.79 Å². The molecule has 1 unspecified atom stereocenters. The van der Waals surface area contributed by atoms with Gasteiger partial charge in [-0.1, -0.05) is 87.3 Å². The number of nitrogens with zero attached hydrogens (tertiary/aromatic N) is 3. The zero-order valence-electron chi connectivity index (χ0n) is 46.4. The topological polar surface area (TPSA) is 259 Å². The third kappa shape index (κ3) is 17.4. The SMILES string of the molecule is CCCCNC(=O)N(C)[C@H](CC(C)C)C(=O)N[C@@H]1C(=O)N[C@H]([C@@H](C)CC)[C@@H](O)CC(=O)O[C@@H](C(C)C)C(=O)[C@H](C)C(=O)N[C@@H](CC(C)C)C(=O)N2CCCC2C(=O)N(C)[C@@H](Cc2ccc(OC)cc2)C(=O)O[C@@H]1C. The van der Waals surface area contributed by atoms with Crippen LogP contribution in [0.3, 0.4) is 0 Å². The van der Waals surface area contributed by atoms with Gasteiger partial charge < -0.3 is 55.3 Å². The molecular formula is C54H87N7O13. The van der Waals surface area contributed by atoms with Crippen molar-refractivity contribution in [2.45, 2.75) is 189 Å². The number of aliphatic hydroxyl groups excluding tert-OH is 1. The van der Waals surface area contributed by atoms with Gasteiger partial charge >= 0.3 is 18.0 Å². The second-order valence-electron chi connectivity index (χ2n) is 21.3. The van der Waals surface area contributed by atoms with Gasteiger partial charge in [-0.15, -0.1) is 0 Å². The number of carbonyl (C=O) groups is 9. The Bertz CT molecular complexity index is 2080. The average Bonchev–Trinajstić information content (AvgIpc) is 3.85. The highest BCUT2D eigenvalue weighted by Gasteiger charge is 2.45. The number of carbonyl (C=O) groups excluding carboxylic acids is 9. The van der Waals surface area contributed by atoms with Gasteiger partial charge in [-0.3, -0.25) is 33.6 Å². The minimum atomic E-state index is -1.68. The van der Waals surface area contributed by atoms with Crippen molar-refractivity contribution in [3.05, 3.63) is 29.8 Å². The van der Waals surface area contributed by atoms with Crippen LogP contribution in [0.15, 0.2) is 24.3 Å². The molecule has 0 aliphatic carbocycles. The number of unbranched alkanes of at least 4 members (excludes halogenated alkanes) is 1. The number of hydrogen-bond acceptors (Lipinski definition) is 13. The van der Waals surface area contributed by atoms with Gasteiger partial charge in [-0.05, 0) is 87.3 Å². The number of rotatable bonds is 16. The zero-order valence-corrected chi connectivity index (χ0v) is 46.4. The van der Waals surface area contributed by atoms with Gasteiger partial charge in [0.05, 0.1) is 31.6 Å². The molecule has 0 saturated carbocycles. The van der Waals surface area contributed by atoms with E-state index in [0.717, 1.165) is 6.42 Å². The van der Waals surface area contributed by atoms with Crippen molar-refractivity contribution in [2.75, 3.05) is 34.3 Å². The molecule has 1 aromatic carbocycles. The minimum absolute atomic E-state index is 0.0935. The zero-order chi connectivity index (χ0) is 55.7. The summed E-state index contributed by atoms with van der Waals surface area (Å²) >= 11 is 0. The summed E-state index contributed by atoms with van der Waals surface area (Å²) < 4.78 is 17.2. The molecule has 416 valence electrons. The normalized spacial score (nSPS) is 26.2. The lowest BCUT2D eigenvalue weighted by Gasteiger charge is -2.36. The molecular weight excluding hydrogens is 955 g/mol. The van der Waals surface area contributed by atoms with Crippen LogP contribution in [-0.2, 0) is 54.3 Å². The first kappa shape index (κ1) is 62.5. The number of Topliss-reactive ketones (excluding diaryl/α,β-unsaturated/α-hetero) is 1. The fraction of sp³-hybridized carbons (Fsp3) is 0.722. The highest BCUT2D eigenvalue weighted by molar-refractivity contribution is 6.05. The maximum Gasteiger partial charge on any atom is 0.329 e. The number of hydrogen-bond donors (Lipinski definition) is 5. The van der Waals surface area contributed by atoms with E-state index >= 15 is 0 Å². The van der Waals surface area contributed by atoms with Gasteiger partial charge in [0.1, 0.15) is 42.1 Å². The summed E-state index contributed by atoms with van der Waals surface area (Å²) in [5.74, 6) is -8.49. The van der Waals surface area contributed by atoms with Gasteiger partial charge in [0, 0.05) is 33.6 Å². The first-order valence-corrected chi connectivity index (χ1v) is 26.5. The minimum Gasteiger partial charge on any atom is -0.497 e. The van der Waals surface area contributed by atoms with E-state index in [1.807, 2.05) is 34.6 Å². The third-order valence-electron chi connectivity index (χ3n) is 14.1. The van der Waals surface area contributed by atoms with Crippen LogP contribution in [0.5, 0.6) is 5.75 Å². The standard InChI is InChI=1S/C54H87N7O13/c1-15-17-24-55-54(71)60(13)40(27-31(5)6)49(66)58-45-35(11)73-53(70)41(28-36-20-22-37(72-14)23-21-36)59(12)52(69)39-19-18-25-61(39)51(68)38(26-30(3)4)56-48(65)34(10)46(64)47(32(7)8)74-43(63)29-42(62)44(33(9)16-2)57-50(45)67/h20-23,30-35,38-42,44-45,47,62H,15-19,24-29H2,1-14H3,(H,55,71)(H,56,65)(H,57,67)(H,58,66)/t33-,34-,35+,38-,39?,40+,41-,42-,44+,45-,47-/m0/s1. The molecule has 0 aromatic heterocycles. The molecule has 2 heterocycles. The predicted octanol–water partition coefficient (Wildman–Crippen LogP) is 3.93. The molecule has 7 amide bonds. The fourth-order valence-electron chi connectivity index (χ4n) is 9.24. The van der Waals surface area contributed by atoms with Crippen LogP contribution in [0.1, 0.15) is 133 Å². The fourth-order valence-corrected chi connectivity index (χ4v) is 9.24. The summed E-state index contributed by atoms with van der Waals surface area (Å²) in [6, 6.07) is -1.24. The van der Waals surface area contributed by atoms with Crippen molar-refractivity contribution < 1.29 is 62.5 Å². The molecule has 20 heteroatoms. The Morgan fingerprint density at radius 2 is 1.55 bits per heavy atom. The van der Waals surface area contributed by atoms with Gasteiger partial charge in [0.2, 0.25) is 29.5 Å². The number of nitrogens with one attached hydrogen (secondary N) is 4. The van der Waals surface area contributed by atoms with Gasteiger partial charge in [-0.2, -0.15) is 0 Å².